The Morgan fingerprint density at radius 1 is 1.32 bits per heavy atom. The van der Waals surface area contributed by atoms with Crippen molar-refractivity contribution in [3.8, 4) is 5.75 Å². The minimum absolute atomic E-state index is 0.133. The maximum Gasteiger partial charge on any atom is 0.313 e. The van der Waals surface area contributed by atoms with Gasteiger partial charge in [0, 0.05) is 6.42 Å². The zero-order valence-corrected chi connectivity index (χ0v) is 12.3. The minimum atomic E-state index is -0.782. The maximum atomic E-state index is 11.8. The average molecular weight is 307 g/mol. The number of nitrogens with zero attached hydrogens (tertiary/aromatic N) is 1. The van der Waals surface area contributed by atoms with Crippen LogP contribution in [0, 0.1) is 5.92 Å². The molecule has 0 saturated carbocycles. The monoisotopic (exact) mass is 307 g/mol. The SMILES string of the molecule is COC(=O)CC(C(=O)OC)C1CC(c2ccc(O)cc2)=NO1. The first kappa shape index (κ1) is 15.8. The summed E-state index contributed by atoms with van der Waals surface area (Å²) in [6, 6.07) is 6.48. The summed E-state index contributed by atoms with van der Waals surface area (Å²) in [4.78, 5) is 28.6. The Bertz CT molecular complexity index is 580. The number of aromatic hydroxyl groups is 1. The molecule has 0 aromatic heterocycles. The fourth-order valence-electron chi connectivity index (χ4n) is 2.22. The van der Waals surface area contributed by atoms with Gasteiger partial charge in [-0.3, -0.25) is 9.59 Å². The van der Waals surface area contributed by atoms with Crippen molar-refractivity contribution < 1.29 is 29.0 Å². The first-order chi connectivity index (χ1) is 10.5. The van der Waals surface area contributed by atoms with E-state index in [1.54, 1.807) is 12.1 Å². The summed E-state index contributed by atoms with van der Waals surface area (Å²) in [6.07, 6.45) is -0.358. The third-order valence-electron chi connectivity index (χ3n) is 3.46. The first-order valence-corrected chi connectivity index (χ1v) is 6.72. The fourth-order valence-corrected chi connectivity index (χ4v) is 2.22. The van der Waals surface area contributed by atoms with Crippen molar-refractivity contribution in [3.05, 3.63) is 29.8 Å². The molecule has 0 aliphatic carbocycles. The van der Waals surface area contributed by atoms with Crippen LogP contribution in [0.3, 0.4) is 0 Å². The Kier molecular flexibility index (Phi) is 4.98. The highest BCUT2D eigenvalue weighted by Crippen LogP contribution is 2.26. The number of hydrogen-bond acceptors (Lipinski definition) is 7. The first-order valence-electron chi connectivity index (χ1n) is 6.72. The van der Waals surface area contributed by atoms with Crippen LogP contribution in [0.4, 0.5) is 0 Å². The van der Waals surface area contributed by atoms with Crippen molar-refractivity contribution in [1.82, 2.24) is 0 Å². The van der Waals surface area contributed by atoms with Gasteiger partial charge in [-0.25, -0.2) is 0 Å². The number of methoxy groups -OCH3 is 2. The molecule has 0 bridgehead atoms. The molecule has 2 unspecified atom stereocenters. The summed E-state index contributed by atoms with van der Waals surface area (Å²) in [5.74, 6) is -1.69. The highest BCUT2D eigenvalue weighted by molar-refractivity contribution is 6.01. The molecule has 0 fully saturated rings. The van der Waals surface area contributed by atoms with E-state index in [4.69, 9.17) is 9.57 Å². The van der Waals surface area contributed by atoms with Crippen LogP contribution in [0.1, 0.15) is 18.4 Å². The molecule has 0 saturated heterocycles. The van der Waals surface area contributed by atoms with E-state index in [-0.39, 0.29) is 12.2 Å². The number of esters is 2. The lowest BCUT2D eigenvalue weighted by Gasteiger charge is -2.18. The summed E-state index contributed by atoms with van der Waals surface area (Å²) < 4.78 is 9.31. The lowest BCUT2D eigenvalue weighted by molar-refractivity contribution is -0.157. The Morgan fingerprint density at radius 2 is 2.00 bits per heavy atom. The topological polar surface area (TPSA) is 94.4 Å². The molecule has 118 valence electrons. The van der Waals surface area contributed by atoms with Crippen molar-refractivity contribution in [3.63, 3.8) is 0 Å². The van der Waals surface area contributed by atoms with Gasteiger partial charge in [-0.15, -0.1) is 0 Å². The largest absolute Gasteiger partial charge is 0.508 e. The van der Waals surface area contributed by atoms with E-state index in [1.165, 1.54) is 26.4 Å². The third kappa shape index (κ3) is 3.55. The van der Waals surface area contributed by atoms with E-state index in [0.29, 0.717) is 12.1 Å². The summed E-state index contributed by atoms with van der Waals surface area (Å²) >= 11 is 0. The lowest BCUT2D eigenvalue weighted by Crippen LogP contribution is -2.32. The van der Waals surface area contributed by atoms with Crippen LogP contribution in [0.2, 0.25) is 0 Å². The summed E-state index contributed by atoms with van der Waals surface area (Å²) in [5.41, 5.74) is 1.42. The Morgan fingerprint density at radius 3 is 2.59 bits per heavy atom. The van der Waals surface area contributed by atoms with Crippen LogP contribution in [-0.4, -0.2) is 43.1 Å². The second-order valence-corrected chi connectivity index (χ2v) is 4.84. The van der Waals surface area contributed by atoms with E-state index in [2.05, 4.69) is 9.89 Å². The van der Waals surface area contributed by atoms with Crippen LogP contribution < -0.4 is 0 Å². The number of phenolic OH excluding ortho intramolecular Hbond substituents is 1. The van der Waals surface area contributed by atoms with Gasteiger partial charge in [0.2, 0.25) is 0 Å². The molecule has 0 radical (unpaired) electrons. The molecular weight excluding hydrogens is 290 g/mol. The van der Waals surface area contributed by atoms with E-state index in [9.17, 15) is 14.7 Å². The minimum Gasteiger partial charge on any atom is -0.508 e. The number of carbonyl (C=O) groups excluding carboxylic acids is 2. The molecular formula is C15H17NO6. The van der Waals surface area contributed by atoms with Crippen molar-refractivity contribution in [2.24, 2.45) is 11.1 Å². The molecule has 1 aliphatic rings. The van der Waals surface area contributed by atoms with Gasteiger partial charge in [0.05, 0.1) is 26.4 Å². The van der Waals surface area contributed by atoms with Gasteiger partial charge >= 0.3 is 11.9 Å². The van der Waals surface area contributed by atoms with Gasteiger partial charge in [-0.1, -0.05) is 5.16 Å². The van der Waals surface area contributed by atoms with Crippen LogP contribution in [0.25, 0.3) is 0 Å². The number of carbonyl (C=O) groups is 2. The van der Waals surface area contributed by atoms with Crippen molar-refractivity contribution >= 4 is 17.7 Å². The standard InChI is InChI=1S/C15H17NO6/c1-20-14(18)7-11(15(19)21-2)13-8-12(16-22-13)9-3-5-10(17)6-4-9/h3-6,11,13,17H,7-8H2,1-2H3. The third-order valence-corrected chi connectivity index (χ3v) is 3.46. The molecule has 2 atom stereocenters. The van der Waals surface area contributed by atoms with Crippen LogP contribution >= 0.6 is 0 Å². The lowest BCUT2D eigenvalue weighted by atomic mass is 9.93. The normalized spacial score (nSPS) is 18.1. The summed E-state index contributed by atoms with van der Waals surface area (Å²) in [7, 11) is 2.51. The summed E-state index contributed by atoms with van der Waals surface area (Å²) in [6.45, 7) is 0. The quantitative estimate of drug-likeness (QED) is 0.822. The van der Waals surface area contributed by atoms with Crippen LogP contribution in [0.15, 0.2) is 29.4 Å². The number of oxime groups is 1. The Hall–Kier alpha value is -2.57. The zero-order chi connectivity index (χ0) is 16.1. The number of benzene rings is 1. The van der Waals surface area contributed by atoms with Crippen molar-refractivity contribution in [1.29, 1.82) is 0 Å². The molecule has 0 spiro atoms. The predicted octanol–water partition coefficient (Wildman–Crippen LogP) is 1.24. The fraction of sp³-hybridized carbons (Fsp3) is 0.400. The van der Waals surface area contributed by atoms with Crippen LogP contribution in [0.5, 0.6) is 5.75 Å². The van der Waals surface area contributed by atoms with E-state index in [1.807, 2.05) is 0 Å². The number of rotatable bonds is 5. The van der Waals surface area contributed by atoms with Gasteiger partial charge < -0.3 is 19.4 Å². The van der Waals surface area contributed by atoms with E-state index in [0.717, 1.165) is 5.56 Å². The maximum absolute atomic E-state index is 11.8. The van der Waals surface area contributed by atoms with E-state index < -0.39 is 24.0 Å². The van der Waals surface area contributed by atoms with Gasteiger partial charge in [-0.2, -0.15) is 0 Å². The second kappa shape index (κ2) is 6.93. The number of phenols is 1. The second-order valence-electron chi connectivity index (χ2n) is 4.84. The van der Waals surface area contributed by atoms with E-state index >= 15 is 0 Å². The molecule has 7 heteroatoms. The van der Waals surface area contributed by atoms with Gasteiger partial charge in [0.25, 0.3) is 0 Å². The molecule has 2 rings (SSSR count). The van der Waals surface area contributed by atoms with Crippen molar-refractivity contribution in [2.75, 3.05) is 14.2 Å². The molecule has 0 amide bonds. The molecule has 1 aliphatic heterocycles. The highest BCUT2D eigenvalue weighted by atomic mass is 16.6. The summed E-state index contributed by atoms with van der Waals surface area (Å²) in [5, 5.41) is 13.2. The highest BCUT2D eigenvalue weighted by Gasteiger charge is 2.37. The molecule has 7 nitrogen and oxygen atoms in total. The average Bonchev–Trinajstić information content (AvgIpc) is 3.01. The Balaban J connectivity index is 2.08. The van der Waals surface area contributed by atoms with Gasteiger partial charge in [0.1, 0.15) is 17.8 Å². The predicted molar refractivity (Wildman–Crippen MR) is 76.3 cm³/mol. The molecule has 1 aromatic rings. The molecule has 1 heterocycles. The van der Waals surface area contributed by atoms with Crippen LogP contribution in [-0.2, 0) is 23.9 Å². The van der Waals surface area contributed by atoms with Gasteiger partial charge in [0.15, 0.2) is 0 Å². The van der Waals surface area contributed by atoms with Gasteiger partial charge in [-0.05, 0) is 29.8 Å². The smallest absolute Gasteiger partial charge is 0.313 e. The number of hydrogen-bond donors (Lipinski definition) is 1. The molecule has 1 aromatic carbocycles. The molecule has 22 heavy (non-hydrogen) atoms. The number of ether oxygens (including phenoxy) is 2. The Labute approximate surface area is 127 Å². The zero-order valence-electron chi connectivity index (χ0n) is 12.3. The molecule has 1 N–H and O–H groups in total. The van der Waals surface area contributed by atoms with Crippen molar-refractivity contribution in [2.45, 2.75) is 18.9 Å².